The first-order chi connectivity index (χ1) is 12.3. The number of aliphatic hydroxyl groups excluding tert-OH is 1. The van der Waals surface area contributed by atoms with Gasteiger partial charge in [0.25, 0.3) is 0 Å². The summed E-state index contributed by atoms with van der Waals surface area (Å²) < 4.78 is 9.08. The molecule has 2 atom stereocenters. The zero-order valence-corrected chi connectivity index (χ0v) is 18.3. The van der Waals surface area contributed by atoms with Crippen molar-refractivity contribution in [3.8, 4) is 11.3 Å². The largest absolute Gasteiger partial charge is 0.392 e. The van der Waals surface area contributed by atoms with Gasteiger partial charge in [0, 0.05) is 37.5 Å². The zero-order chi connectivity index (χ0) is 18.7. The highest BCUT2D eigenvalue weighted by Gasteiger charge is 2.28. The molecule has 2 unspecified atom stereocenters. The Labute approximate surface area is 164 Å². The van der Waals surface area contributed by atoms with Gasteiger partial charge in [0.2, 0.25) is 0 Å². The van der Waals surface area contributed by atoms with Crippen LogP contribution in [-0.2, 0) is 11.5 Å². The van der Waals surface area contributed by atoms with Gasteiger partial charge < -0.3 is 19.7 Å². The summed E-state index contributed by atoms with van der Waals surface area (Å²) in [7, 11) is -1.10. The number of β-amino-alcohol motifs (C(OH)–C–C–N with tert-alkyl or cyclic N) is 1. The number of aromatic nitrogens is 2. The Bertz CT molecular complexity index is 727. The molecule has 1 saturated heterocycles. The van der Waals surface area contributed by atoms with Crippen molar-refractivity contribution in [3.05, 3.63) is 40.8 Å². The van der Waals surface area contributed by atoms with Gasteiger partial charge in [0.1, 0.15) is 12.6 Å². The molecule has 3 rings (SSSR count). The molecule has 142 valence electrons. The molecule has 0 saturated carbocycles. The summed E-state index contributed by atoms with van der Waals surface area (Å²) >= 11 is 3.48. The summed E-state index contributed by atoms with van der Waals surface area (Å²) in [6, 6.07) is 9.38. The van der Waals surface area contributed by atoms with E-state index in [0.29, 0.717) is 19.7 Å². The van der Waals surface area contributed by atoms with E-state index < -0.39 is 8.07 Å². The molecule has 0 bridgehead atoms. The third-order valence-electron chi connectivity index (χ3n) is 4.59. The Morgan fingerprint density at radius 2 is 2.04 bits per heavy atom. The van der Waals surface area contributed by atoms with Gasteiger partial charge in [-0.3, -0.25) is 0 Å². The molecule has 7 heteroatoms. The highest BCUT2D eigenvalue weighted by atomic mass is 79.9. The zero-order valence-electron chi connectivity index (χ0n) is 15.7. The van der Waals surface area contributed by atoms with Crippen LogP contribution in [0.25, 0.3) is 11.3 Å². The van der Waals surface area contributed by atoms with Crippen LogP contribution in [0.15, 0.2) is 34.9 Å². The summed E-state index contributed by atoms with van der Waals surface area (Å²) in [5.74, 6) is 0.937. The molecule has 0 radical (unpaired) electrons. The Balaban J connectivity index is 1.77. The molecule has 0 spiro atoms. The monoisotopic (exact) mass is 437 g/mol. The van der Waals surface area contributed by atoms with E-state index in [1.165, 1.54) is 0 Å². The molecule has 1 aromatic carbocycles. The van der Waals surface area contributed by atoms with E-state index in [0.717, 1.165) is 34.2 Å². The van der Waals surface area contributed by atoms with Gasteiger partial charge >= 0.3 is 0 Å². The Hall–Kier alpha value is -0.993. The third-order valence-corrected chi connectivity index (χ3v) is 6.83. The van der Waals surface area contributed by atoms with Crippen LogP contribution in [0, 0.1) is 0 Å². The predicted octanol–water partition coefficient (Wildman–Crippen LogP) is 4.02. The van der Waals surface area contributed by atoms with Crippen molar-refractivity contribution >= 4 is 24.0 Å². The fourth-order valence-electron chi connectivity index (χ4n) is 3.03. The topological polar surface area (TPSA) is 59.3 Å². The van der Waals surface area contributed by atoms with Crippen LogP contribution in [0.1, 0.15) is 18.3 Å². The van der Waals surface area contributed by atoms with Gasteiger partial charge in [-0.2, -0.15) is 0 Å². The number of imidazole rings is 1. The molecule has 1 fully saturated rings. The van der Waals surface area contributed by atoms with Crippen LogP contribution in [0.3, 0.4) is 0 Å². The Morgan fingerprint density at radius 3 is 2.65 bits per heavy atom. The maximum atomic E-state index is 9.88. The number of hydrogen-bond donors (Lipinski definition) is 2. The molecule has 26 heavy (non-hydrogen) atoms. The molecule has 0 aliphatic carbocycles. The fourth-order valence-corrected chi connectivity index (χ4v) is 4.05. The van der Waals surface area contributed by atoms with Gasteiger partial charge in [-0.25, -0.2) is 4.98 Å². The van der Waals surface area contributed by atoms with Crippen molar-refractivity contribution in [2.24, 2.45) is 0 Å². The van der Waals surface area contributed by atoms with Crippen LogP contribution < -0.4 is 5.32 Å². The van der Waals surface area contributed by atoms with E-state index in [-0.39, 0.29) is 12.1 Å². The second-order valence-electron chi connectivity index (χ2n) is 8.16. The first kappa shape index (κ1) is 19.8. The molecule has 1 aliphatic rings. The third kappa shape index (κ3) is 5.26. The molecule has 0 amide bonds. The molecule has 2 aromatic rings. The minimum absolute atomic E-state index is 0.0646. The number of rotatable bonds is 7. The predicted molar refractivity (Wildman–Crippen MR) is 111 cm³/mol. The van der Waals surface area contributed by atoms with E-state index in [4.69, 9.17) is 9.72 Å². The SMILES string of the molecule is C[Si](C)(C)CCOCn1cc(-c2ccc(Br)cc2)nc1C1CC(O)CN1. The molecular weight excluding hydrogens is 410 g/mol. The summed E-state index contributed by atoms with van der Waals surface area (Å²) in [6.07, 6.45) is 2.43. The van der Waals surface area contributed by atoms with Gasteiger partial charge in [-0.05, 0) is 24.6 Å². The Morgan fingerprint density at radius 1 is 1.31 bits per heavy atom. The second-order valence-corrected chi connectivity index (χ2v) is 14.7. The summed E-state index contributed by atoms with van der Waals surface area (Å²) in [5.41, 5.74) is 2.01. The minimum atomic E-state index is -1.10. The van der Waals surface area contributed by atoms with Crippen molar-refractivity contribution in [1.29, 1.82) is 0 Å². The lowest BCUT2D eigenvalue weighted by Gasteiger charge is -2.17. The number of aliphatic hydroxyl groups is 1. The lowest BCUT2D eigenvalue weighted by molar-refractivity contribution is 0.0838. The normalized spacial score (nSPS) is 20.7. The number of nitrogens with zero attached hydrogens (tertiary/aromatic N) is 2. The van der Waals surface area contributed by atoms with E-state index in [2.05, 4.69) is 63.8 Å². The van der Waals surface area contributed by atoms with Crippen molar-refractivity contribution in [2.75, 3.05) is 13.2 Å². The quantitative estimate of drug-likeness (QED) is 0.507. The lowest BCUT2D eigenvalue weighted by atomic mass is 10.2. The van der Waals surface area contributed by atoms with Gasteiger partial charge in [0.15, 0.2) is 0 Å². The number of hydrogen-bond acceptors (Lipinski definition) is 4. The van der Waals surface area contributed by atoms with Crippen molar-refractivity contribution in [2.45, 2.75) is 51.0 Å². The standard InChI is InChI=1S/C19H28BrN3O2Si/c1-26(2,3)9-8-25-13-23-12-18(14-4-6-15(20)7-5-14)22-19(23)17-10-16(24)11-21-17/h4-7,12,16-17,21,24H,8-11,13H2,1-3H3. The molecule has 2 heterocycles. The van der Waals surface area contributed by atoms with Gasteiger partial charge in [-0.15, -0.1) is 0 Å². The lowest BCUT2D eigenvalue weighted by Crippen LogP contribution is -2.23. The molecule has 1 aliphatic heterocycles. The molecule has 5 nitrogen and oxygen atoms in total. The molecular formula is C19H28BrN3O2Si. The van der Waals surface area contributed by atoms with Gasteiger partial charge in [-0.1, -0.05) is 47.7 Å². The maximum Gasteiger partial charge on any atom is 0.128 e. The highest BCUT2D eigenvalue weighted by molar-refractivity contribution is 9.10. The number of ether oxygens (including phenoxy) is 1. The first-order valence-electron chi connectivity index (χ1n) is 9.14. The van der Waals surface area contributed by atoms with Crippen molar-refractivity contribution in [1.82, 2.24) is 14.9 Å². The molecule has 1 aromatic heterocycles. The Kier molecular flexibility index (Phi) is 6.35. The maximum absolute atomic E-state index is 9.88. The van der Waals surface area contributed by atoms with E-state index in [9.17, 15) is 5.11 Å². The van der Waals surface area contributed by atoms with E-state index in [1.807, 2.05) is 12.1 Å². The summed E-state index contributed by atoms with van der Waals surface area (Å²) in [4.78, 5) is 4.86. The van der Waals surface area contributed by atoms with Crippen molar-refractivity contribution < 1.29 is 9.84 Å². The van der Waals surface area contributed by atoms with Gasteiger partial charge in [0.05, 0.1) is 17.8 Å². The fraction of sp³-hybridized carbons (Fsp3) is 0.526. The highest BCUT2D eigenvalue weighted by Crippen LogP contribution is 2.27. The van der Waals surface area contributed by atoms with Crippen LogP contribution in [0.2, 0.25) is 25.7 Å². The van der Waals surface area contributed by atoms with Crippen LogP contribution in [0.5, 0.6) is 0 Å². The van der Waals surface area contributed by atoms with E-state index in [1.54, 1.807) is 0 Å². The second kappa shape index (κ2) is 8.35. The average Bonchev–Trinajstić information content (AvgIpc) is 3.17. The summed E-state index contributed by atoms with van der Waals surface area (Å²) in [5, 5.41) is 13.2. The molecule has 2 N–H and O–H groups in total. The minimum Gasteiger partial charge on any atom is -0.392 e. The number of nitrogens with one attached hydrogen (secondary N) is 1. The van der Waals surface area contributed by atoms with Crippen LogP contribution in [0.4, 0.5) is 0 Å². The smallest absolute Gasteiger partial charge is 0.128 e. The van der Waals surface area contributed by atoms with E-state index >= 15 is 0 Å². The van der Waals surface area contributed by atoms with Crippen LogP contribution >= 0.6 is 15.9 Å². The van der Waals surface area contributed by atoms with Crippen molar-refractivity contribution in [3.63, 3.8) is 0 Å². The summed E-state index contributed by atoms with van der Waals surface area (Å²) in [6.45, 7) is 8.96. The van der Waals surface area contributed by atoms with Crippen LogP contribution in [-0.4, -0.2) is 42.0 Å². The average molecular weight is 438 g/mol. The number of halogens is 1. The first-order valence-corrected chi connectivity index (χ1v) is 13.6. The number of benzene rings is 1.